The molecule has 1 saturated heterocycles. The van der Waals surface area contributed by atoms with Crippen LogP contribution < -0.4 is 5.32 Å². The van der Waals surface area contributed by atoms with Crippen molar-refractivity contribution in [3.05, 3.63) is 29.8 Å². The summed E-state index contributed by atoms with van der Waals surface area (Å²) in [6, 6.07) is 2.63. The lowest BCUT2D eigenvalue weighted by molar-refractivity contribution is 0.0788. The number of fused-ring (bicyclic) bond motifs is 1. The van der Waals surface area contributed by atoms with E-state index >= 15 is 0 Å². The van der Waals surface area contributed by atoms with Crippen molar-refractivity contribution in [3.63, 3.8) is 0 Å². The van der Waals surface area contributed by atoms with Gasteiger partial charge < -0.3 is 15.2 Å². The van der Waals surface area contributed by atoms with Crippen LogP contribution in [0, 0.1) is 11.7 Å². The number of imidazole rings is 1. The summed E-state index contributed by atoms with van der Waals surface area (Å²) in [6.45, 7) is 2.32. The topological polar surface area (TPSA) is 61.0 Å². The lowest BCUT2D eigenvalue weighted by atomic mass is 10.1. The Morgan fingerprint density at radius 2 is 2.45 bits per heavy atom. The number of amides is 1. The van der Waals surface area contributed by atoms with Gasteiger partial charge in [0.15, 0.2) is 0 Å². The zero-order valence-corrected chi connectivity index (χ0v) is 11.3. The minimum atomic E-state index is -0.420. The summed E-state index contributed by atoms with van der Waals surface area (Å²) in [5.41, 5.74) is 1.43. The van der Waals surface area contributed by atoms with Gasteiger partial charge in [-0.05, 0) is 38.1 Å². The Labute approximate surface area is 116 Å². The summed E-state index contributed by atoms with van der Waals surface area (Å²) in [4.78, 5) is 21.3. The van der Waals surface area contributed by atoms with Crippen LogP contribution in [0.3, 0.4) is 0 Å². The zero-order valence-electron chi connectivity index (χ0n) is 11.3. The van der Waals surface area contributed by atoms with Crippen molar-refractivity contribution in [2.75, 3.05) is 26.7 Å². The van der Waals surface area contributed by atoms with Gasteiger partial charge in [0.05, 0.1) is 17.4 Å². The third-order valence-electron chi connectivity index (χ3n) is 3.78. The average Bonchev–Trinajstić information content (AvgIpc) is 3.06. The van der Waals surface area contributed by atoms with E-state index in [0.717, 1.165) is 13.0 Å². The molecule has 0 saturated carbocycles. The molecule has 6 heteroatoms. The van der Waals surface area contributed by atoms with E-state index in [9.17, 15) is 9.18 Å². The van der Waals surface area contributed by atoms with Crippen molar-refractivity contribution in [2.45, 2.75) is 6.42 Å². The molecule has 1 amide bonds. The molecule has 1 atom stereocenters. The highest BCUT2D eigenvalue weighted by molar-refractivity contribution is 6.04. The summed E-state index contributed by atoms with van der Waals surface area (Å²) < 4.78 is 13.6. The molecule has 106 valence electrons. The molecule has 0 aliphatic carbocycles. The van der Waals surface area contributed by atoms with E-state index in [1.807, 2.05) is 7.05 Å². The fourth-order valence-electron chi connectivity index (χ4n) is 2.82. The first-order valence-corrected chi connectivity index (χ1v) is 6.75. The minimum absolute atomic E-state index is 0.139. The van der Waals surface area contributed by atoms with Gasteiger partial charge in [-0.2, -0.15) is 0 Å². The number of likely N-dealkylation sites (tertiary alicyclic amines) is 1. The molecular weight excluding hydrogens is 259 g/mol. The molecular formula is C14H17FN4O. The Bertz CT molecular complexity index is 639. The molecule has 2 aromatic rings. The number of aromatic amines is 1. The molecule has 1 unspecified atom stereocenters. The van der Waals surface area contributed by atoms with Crippen LogP contribution in [0.1, 0.15) is 16.8 Å². The highest BCUT2D eigenvalue weighted by atomic mass is 19.1. The maximum absolute atomic E-state index is 13.6. The third kappa shape index (κ3) is 2.27. The zero-order chi connectivity index (χ0) is 14.1. The van der Waals surface area contributed by atoms with Crippen molar-refractivity contribution in [3.8, 4) is 0 Å². The van der Waals surface area contributed by atoms with E-state index in [2.05, 4.69) is 15.3 Å². The smallest absolute Gasteiger partial charge is 0.256 e. The van der Waals surface area contributed by atoms with Crippen molar-refractivity contribution < 1.29 is 9.18 Å². The number of hydrogen-bond donors (Lipinski definition) is 2. The van der Waals surface area contributed by atoms with Gasteiger partial charge in [0, 0.05) is 13.1 Å². The second-order valence-corrected chi connectivity index (χ2v) is 5.22. The second-order valence-electron chi connectivity index (χ2n) is 5.22. The monoisotopic (exact) mass is 276 g/mol. The minimum Gasteiger partial charge on any atom is -0.344 e. The van der Waals surface area contributed by atoms with Crippen molar-refractivity contribution in [1.29, 1.82) is 0 Å². The summed E-state index contributed by atoms with van der Waals surface area (Å²) in [7, 11) is 1.91. The number of benzene rings is 1. The Balaban J connectivity index is 1.88. The number of aromatic nitrogens is 2. The number of hydrogen-bond acceptors (Lipinski definition) is 3. The molecule has 1 aromatic carbocycles. The van der Waals surface area contributed by atoms with Gasteiger partial charge in [-0.25, -0.2) is 9.37 Å². The first kappa shape index (κ1) is 13.1. The Morgan fingerprint density at radius 1 is 1.60 bits per heavy atom. The maximum atomic E-state index is 13.6. The van der Waals surface area contributed by atoms with Crippen molar-refractivity contribution in [1.82, 2.24) is 20.2 Å². The fraction of sp³-hybridized carbons (Fsp3) is 0.429. The lowest BCUT2D eigenvalue weighted by Crippen LogP contribution is -2.30. The molecule has 1 aliphatic rings. The molecule has 2 N–H and O–H groups in total. The van der Waals surface area contributed by atoms with Gasteiger partial charge in [-0.1, -0.05) is 0 Å². The Morgan fingerprint density at radius 3 is 3.25 bits per heavy atom. The van der Waals surface area contributed by atoms with Crippen LogP contribution in [0.25, 0.3) is 11.0 Å². The van der Waals surface area contributed by atoms with Gasteiger partial charge in [0.2, 0.25) is 0 Å². The second kappa shape index (κ2) is 5.20. The lowest BCUT2D eigenvalue weighted by Gasteiger charge is -2.17. The van der Waals surface area contributed by atoms with Gasteiger partial charge in [-0.15, -0.1) is 0 Å². The normalized spacial score (nSPS) is 18.9. The number of nitrogens with zero attached hydrogens (tertiary/aromatic N) is 2. The van der Waals surface area contributed by atoms with Crippen LogP contribution in [-0.2, 0) is 0 Å². The van der Waals surface area contributed by atoms with Gasteiger partial charge >= 0.3 is 0 Å². The fourth-order valence-corrected chi connectivity index (χ4v) is 2.82. The van der Waals surface area contributed by atoms with E-state index in [1.165, 1.54) is 18.5 Å². The van der Waals surface area contributed by atoms with Crippen molar-refractivity contribution >= 4 is 16.9 Å². The summed E-state index contributed by atoms with van der Waals surface area (Å²) >= 11 is 0. The highest BCUT2D eigenvalue weighted by Crippen LogP contribution is 2.22. The van der Waals surface area contributed by atoms with Crippen molar-refractivity contribution in [2.24, 2.45) is 5.92 Å². The molecule has 1 fully saturated rings. The standard InChI is InChI=1S/C14H17FN4O/c1-16-6-9-2-3-19(7-9)14(20)11-4-10(15)5-12-13(11)18-8-17-12/h4-5,8-9,16H,2-3,6-7H2,1H3,(H,17,18). The molecule has 3 rings (SSSR count). The number of carbonyl (C=O) groups is 1. The van der Waals surface area contributed by atoms with Crippen LogP contribution in [0.2, 0.25) is 0 Å². The van der Waals surface area contributed by atoms with Crippen LogP contribution in [0.5, 0.6) is 0 Å². The first-order valence-electron chi connectivity index (χ1n) is 6.75. The molecule has 1 aromatic heterocycles. The number of rotatable bonds is 3. The van der Waals surface area contributed by atoms with Crippen LogP contribution in [0.4, 0.5) is 4.39 Å². The summed E-state index contributed by atoms with van der Waals surface area (Å²) in [6.07, 6.45) is 2.46. The molecule has 0 bridgehead atoms. The Hall–Kier alpha value is -1.95. The summed E-state index contributed by atoms with van der Waals surface area (Å²) in [5.74, 6) is -0.0940. The predicted octanol–water partition coefficient (Wildman–Crippen LogP) is 1.38. The molecule has 1 aliphatic heterocycles. The molecule has 5 nitrogen and oxygen atoms in total. The predicted molar refractivity (Wildman–Crippen MR) is 74.0 cm³/mol. The van der Waals surface area contributed by atoms with Gasteiger partial charge in [0.1, 0.15) is 11.3 Å². The summed E-state index contributed by atoms with van der Waals surface area (Å²) in [5, 5.41) is 3.13. The van der Waals surface area contributed by atoms with E-state index in [4.69, 9.17) is 0 Å². The Kier molecular flexibility index (Phi) is 3.40. The van der Waals surface area contributed by atoms with Gasteiger partial charge in [0.25, 0.3) is 5.91 Å². The SMILES string of the molecule is CNCC1CCN(C(=O)c2cc(F)cc3[nH]cnc23)C1. The quantitative estimate of drug-likeness (QED) is 0.890. The number of halogens is 1. The van der Waals surface area contributed by atoms with E-state index in [0.29, 0.717) is 35.6 Å². The highest BCUT2D eigenvalue weighted by Gasteiger charge is 2.28. The molecule has 0 radical (unpaired) electrons. The number of H-pyrrole nitrogens is 1. The van der Waals surface area contributed by atoms with Crippen LogP contribution in [-0.4, -0.2) is 47.5 Å². The van der Waals surface area contributed by atoms with Crippen LogP contribution in [0.15, 0.2) is 18.5 Å². The van der Waals surface area contributed by atoms with E-state index < -0.39 is 5.82 Å². The number of nitrogens with one attached hydrogen (secondary N) is 2. The molecule has 0 spiro atoms. The van der Waals surface area contributed by atoms with E-state index in [1.54, 1.807) is 4.90 Å². The average molecular weight is 276 g/mol. The van der Waals surface area contributed by atoms with Gasteiger partial charge in [-0.3, -0.25) is 4.79 Å². The molecule has 20 heavy (non-hydrogen) atoms. The van der Waals surface area contributed by atoms with E-state index in [-0.39, 0.29) is 5.91 Å². The largest absolute Gasteiger partial charge is 0.344 e. The third-order valence-corrected chi connectivity index (χ3v) is 3.78. The molecule has 2 heterocycles. The first-order chi connectivity index (χ1) is 9.69. The number of carbonyl (C=O) groups excluding carboxylic acids is 1. The van der Waals surface area contributed by atoms with Crippen LogP contribution >= 0.6 is 0 Å². The maximum Gasteiger partial charge on any atom is 0.256 e.